The van der Waals surface area contributed by atoms with E-state index in [4.69, 9.17) is 10.2 Å². The quantitative estimate of drug-likeness (QED) is 0.735. The third-order valence-electron chi connectivity index (χ3n) is 2.43. The molecular weight excluding hydrogens is 328 g/mol. The largest absolute Gasteiger partial charge is 0.478 e. The summed E-state index contributed by atoms with van der Waals surface area (Å²) < 4.78 is 0.621. The summed E-state index contributed by atoms with van der Waals surface area (Å²) in [5.74, 6) is -1.04. The molecule has 1 aromatic rings. The molecule has 1 rings (SSSR count). The molecule has 0 aromatic heterocycles. The maximum Gasteiger partial charge on any atom is 0.335 e. The number of carbonyl (C=O) groups is 2. The monoisotopic (exact) mass is 342 g/mol. The van der Waals surface area contributed by atoms with Crippen molar-refractivity contribution in [2.75, 3.05) is 24.6 Å². The zero-order valence-electron chi connectivity index (χ0n) is 10.7. The van der Waals surface area contributed by atoms with Crippen molar-refractivity contribution in [3.63, 3.8) is 0 Å². The van der Waals surface area contributed by atoms with Crippen LogP contribution >= 0.6 is 15.9 Å². The molecule has 3 N–H and O–H groups in total. The number of carboxylic acid groups (broad SMARTS) is 1. The van der Waals surface area contributed by atoms with Crippen LogP contribution in [0.4, 0.5) is 10.5 Å². The van der Waals surface area contributed by atoms with Gasteiger partial charge in [-0.3, -0.25) is 4.90 Å². The first-order valence-corrected chi connectivity index (χ1v) is 6.58. The van der Waals surface area contributed by atoms with Crippen LogP contribution in [0.15, 0.2) is 35.3 Å². The number of benzene rings is 1. The molecule has 0 saturated heterocycles. The lowest BCUT2D eigenvalue weighted by Crippen LogP contribution is -2.42. The van der Waals surface area contributed by atoms with E-state index in [0.717, 1.165) is 0 Å². The summed E-state index contributed by atoms with van der Waals surface area (Å²) >= 11 is 3.13. The van der Waals surface area contributed by atoms with Gasteiger partial charge in [0.1, 0.15) is 0 Å². The highest BCUT2D eigenvalue weighted by molar-refractivity contribution is 9.11. The number of hydrogen-bond donors (Lipinski definition) is 3. The van der Waals surface area contributed by atoms with Gasteiger partial charge < -0.3 is 15.5 Å². The summed E-state index contributed by atoms with van der Waals surface area (Å²) in [5, 5.41) is 20.5. The Morgan fingerprint density at radius 2 is 1.90 bits per heavy atom. The van der Waals surface area contributed by atoms with E-state index in [-0.39, 0.29) is 25.3 Å². The van der Waals surface area contributed by atoms with Gasteiger partial charge in [0.05, 0.1) is 25.3 Å². The third kappa shape index (κ3) is 4.67. The number of halogens is 1. The summed E-state index contributed by atoms with van der Waals surface area (Å²) in [4.78, 5) is 24.1. The molecule has 0 radical (unpaired) electrons. The van der Waals surface area contributed by atoms with E-state index < -0.39 is 12.0 Å². The molecule has 0 atom stereocenters. The normalized spacial score (nSPS) is 9.90. The Labute approximate surface area is 124 Å². The van der Waals surface area contributed by atoms with Crippen molar-refractivity contribution < 1.29 is 19.8 Å². The number of rotatable bonds is 6. The van der Waals surface area contributed by atoms with Crippen molar-refractivity contribution >= 4 is 33.6 Å². The maximum atomic E-state index is 12.0. The molecule has 0 aliphatic carbocycles. The first-order valence-electron chi connectivity index (χ1n) is 5.78. The zero-order chi connectivity index (χ0) is 15.1. The van der Waals surface area contributed by atoms with Crippen LogP contribution in [-0.4, -0.2) is 41.9 Å². The number of anilines is 1. The lowest BCUT2D eigenvalue weighted by atomic mass is 10.2. The van der Waals surface area contributed by atoms with Gasteiger partial charge in [-0.2, -0.15) is 0 Å². The van der Waals surface area contributed by atoms with Gasteiger partial charge in [0, 0.05) is 10.2 Å². The minimum atomic E-state index is -1.04. The van der Waals surface area contributed by atoms with Crippen molar-refractivity contribution in [3.8, 4) is 0 Å². The average molecular weight is 343 g/mol. The molecule has 0 heterocycles. The van der Waals surface area contributed by atoms with Crippen molar-refractivity contribution in [1.29, 1.82) is 0 Å². The van der Waals surface area contributed by atoms with E-state index in [0.29, 0.717) is 10.2 Å². The molecule has 0 spiro atoms. The van der Waals surface area contributed by atoms with Crippen LogP contribution in [0.25, 0.3) is 0 Å². The second-order valence-corrected chi connectivity index (χ2v) is 5.02. The summed E-state index contributed by atoms with van der Waals surface area (Å²) in [5.41, 5.74) is 0.633. The fraction of sp³-hybridized carbons (Fsp3) is 0.231. The number of carbonyl (C=O) groups excluding carboxylic acids is 1. The third-order valence-corrected chi connectivity index (χ3v) is 2.71. The van der Waals surface area contributed by atoms with Crippen LogP contribution < -0.4 is 10.2 Å². The molecule has 2 amide bonds. The van der Waals surface area contributed by atoms with Crippen molar-refractivity contribution in [2.45, 2.75) is 0 Å². The number of nitrogens with zero attached hydrogens (tertiary/aromatic N) is 1. The van der Waals surface area contributed by atoms with Gasteiger partial charge in [-0.05, 0) is 24.3 Å². The minimum absolute atomic E-state index is 0.104. The van der Waals surface area contributed by atoms with Gasteiger partial charge in [-0.15, -0.1) is 0 Å². The summed E-state index contributed by atoms with van der Waals surface area (Å²) in [6, 6.07) is 5.43. The molecule has 0 saturated carbocycles. The van der Waals surface area contributed by atoms with Crippen molar-refractivity contribution in [1.82, 2.24) is 5.32 Å². The molecule has 108 valence electrons. The Bertz CT molecular complexity index is 502. The van der Waals surface area contributed by atoms with E-state index >= 15 is 0 Å². The highest BCUT2D eigenvalue weighted by Crippen LogP contribution is 2.15. The summed E-state index contributed by atoms with van der Waals surface area (Å²) in [6.45, 7) is 3.76. The number of aliphatic hydroxyl groups excluding tert-OH is 1. The summed E-state index contributed by atoms with van der Waals surface area (Å²) in [6.07, 6.45) is 0. The van der Waals surface area contributed by atoms with Gasteiger partial charge in [-0.25, -0.2) is 9.59 Å². The number of nitrogens with one attached hydrogen (secondary N) is 1. The van der Waals surface area contributed by atoms with Crippen LogP contribution in [-0.2, 0) is 0 Å². The number of hydrogen-bond acceptors (Lipinski definition) is 3. The van der Waals surface area contributed by atoms with E-state index in [2.05, 4.69) is 27.8 Å². The number of carboxylic acids is 1. The van der Waals surface area contributed by atoms with Crippen LogP contribution in [0.2, 0.25) is 0 Å². The predicted molar refractivity (Wildman–Crippen MR) is 79.3 cm³/mol. The number of aliphatic hydroxyl groups is 1. The number of aromatic carboxylic acids is 1. The maximum absolute atomic E-state index is 12.0. The standard InChI is InChI=1S/C13H15BrN2O4/c1-9(14)8-15-13(20)16(6-7-17)11-4-2-10(3-5-11)12(18)19/h2-5,17H,1,6-8H2,(H,15,20)(H,18,19). The van der Waals surface area contributed by atoms with Gasteiger partial charge >= 0.3 is 12.0 Å². The van der Waals surface area contributed by atoms with Crippen LogP contribution in [0.3, 0.4) is 0 Å². The summed E-state index contributed by atoms with van der Waals surface area (Å²) in [7, 11) is 0. The van der Waals surface area contributed by atoms with E-state index in [9.17, 15) is 9.59 Å². The molecule has 0 unspecified atom stereocenters. The van der Waals surface area contributed by atoms with Crippen LogP contribution in [0.1, 0.15) is 10.4 Å². The molecule has 0 aliphatic rings. The second-order valence-electron chi connectivity index (χ2n) is 3.90. The minimum Gasteiger partial charge on any atom is -0.478 e. The van der Waals surface area contributed by atoms with Crippen molar-refractivity contribution in [2.24, 2.45) is 0 Å². The number of urea groups is 1. The van der Waals surface area contributed by atoms with Crippen LogP contribution in [0.5, 0.6) is 0 Å². The highest BCUT2D eigenvalue weighted by atomic mass is 79.9. The van der Waals surface area contributed by atoms with Gasteiger partial charge in [0.25, 0.3) is 0 Å². The molecule has 6 nitrogen and oxygen atoms in total. The molecule has 0 fully saturated rings. The molecule has 0 bridgehead atoms. The topological polar surface area (TPSA) is 89.9 Å². The molecule has 7 heteroatoms. The zero-order valence-corrected chi connectivity index (χ0v) is 12.3. The smallest absolute Gasteiger partial charge is 0.335 e. The van der Waals surface area contributed by atoms with E-state index in [1.54, 1.807) is 0 Å². The van der Waals surface area contributed by atoms with Gasteiger partial charge in [0.15, 0.2) is 0 Å². The average Bonchev–Trinajstić information content (AvgIpc) is 2.42. The lowest BCUT2D eigenvalue weighted by Gasteiger charge is -2.22. The molecule has 20 heavy (non-hydrogen) atoms. The van der Waals surface area contributed by atoms with Gasteiger partial charge in [0.2, 0.25) is 0 Å². The van der Waals surface area contributed by atoms with E-state index in [1.807, 2.05) is 0 Å². The second kappa shape index (κ2) is 7.66. The van der Waals surface area contributed by atoms with Crippen LogP contribution in [0, 0.1) is 0 Å². The Kier molecular flexibility index (Phi) is 6.20. The van der Waals surface area contributed by atoms with E-state index in [1.165, 1.54) is 29.2 Å². The SMILES string of the molecule is C=C(Br)CNC(=O)N(CCO)c1ccc(C(=O)O)cc1. The lowest BCUT2D eigenvalue weighted by molar-refractivity contribution is 0.0697. The molecular formula is C13H15BrN2O4. The predicted octanol–water partition coefficient (Wildman–Crippen LogP) is 1.80. The Hall–Kier alpha value is -1.86. The highest BCUT2D eigenvalue weighted by Gasteiger charge is 2.15. The molecule has 0 aliphatic heterocycles. The van der Waals surface area contributed by atoms with Gasteiger partial charge in [-0.1, -0.05) is 22.5 Å². The Morgan fingerprint density at radius 1 is 1.30 bits per heavy atom. The first-order chi connectivity index (χ1) is 9.45. The number of amides is 2. The first kappa shape index (κ1) is 16.2. The Morgan fingerprint density at radius 3 is 2.35 bits per heavy atom. The Balaban J connectivity index is 2.86. The van der Waals surface area contributed by atoms with Crippen molar-refractivity contribution in [3.05, 3.63) is 40.9 Å². The fourth-order valence-electron chi connectivity index (χ4n) is 1.50. The fourth-order valence-corrected chi connectivity index (χ4v) is 1.64. The molecule has 1 aromatic carbocycles.